The van der Waals surface area contributed by atoms with Crippen LogP contribution in [0.25, 0.3) is 22.5 Å². The Labute approximate surface area is 145 Å². The Hall–Kier alpha value is -3.35. The molecule has 4 N–H and O–H groups in total. The predicted octanol–water partition coefficient (Wildman–Crippen LogP) is 3.06. The average molecular weight is 341 g/mol. The number of aromatic hydroxyl groups is 1. The first-order chi connectivity index (χ1) is 12.1. The van der Waals surface area contributed by atoms with Crippen LogP contribution in [0.3, 0.4) is 0 Å². The minimum absolute atomic E-state index is 0.154. The number of nitrogens with two attached hydrogens (primary N) is 1. The van der Waals surface area contributed by atoms with Crippen molar-refractivity contribution in [2.24, 2.45) is 0 Å². The summed E-state index contributed by atoms with van der Waals surface area (Å²) in [6.07, 6.45) is 0. The fourth-order valence-electron chi connectivity index (χ4n) is 2.69. The van der Waals surface area contributed by atoms with Gasteiger partial charge in [-0.05, 0) is 24.3 Å². The summed E-state index contributed by atoms with van der Waals surface area (Å²) >= 11 is 0. The summed E-state index contributed by atoms with van der Waals surface area (Å²) in [5.41, 5.74) is 8.66. The number of imidazole rings is 1. The lowest BCUT2D eigenvalue weighted by molar-refractivity contribution is 0.324. The molecule has 0 atom stereocenters. The zero-order valence-corrected chi connectivity index (χ0v) is 14.2. The molecule has 0 fully saturated rings. The average Bonchev–Trinajstić information content (AvgIpc) is 3.02. The van der Waals surface area contributed by atoms with Crippen molar-refractivity contribution in [3.63, 3.8) is 0 Å². The fourth-order valence-corrected chi connectivity index (χ4v) is 2.69. The molecular weight excluding hydrogens is 322 g/mol. The summed E-state index contributed by atoms with van der Waals surface area (Å²) < 4.78 is 16.1. The van der Waals surface area contributed by atoms with Gasteiger partial charge < -0.3 is 30.0 Å². The van der Waals surface area contributed by atoms with Gasteiger partial charge in [-0.2, -0.15) is 0 Å². The van der Waals surface area contributed by atoms with Crippen LogP contribution < -0.4 is 19.9 Å². The smallest absolute Gasteiger partial charge is 0.203 e. The van der Waals surface area contributed by atoms with E-state index in [1.165, 1.54) is 0 Å². The standard InChI is InChI=1S/C18H19N3O4/c1-23-13-8-11(9-14(24-2)17(13)25-3)16-15(20-18(19)21-16)10-5-4-6-12(22)7-10/h4-9,22H,1-3H3,(H3,19,20,21). The second-order valence-corrected chi connectivity index (χ2v) is 5.31. The van der Waals surface area contributed by atoms with E-state index < -0.39 is 0 Å². The van der Waals surface area contributed by atoms with Crippen LogP contribution in [0.5, 0.6) is 23.0 Å². The van der Waals surface area contributed by atoms with Crippen molar-refractivity contribution in [3.05, 3.63) is 36.4 Å². The molecule has 0 aliphatic heterocycles. The van der Waals surface area contributed by atoms with E-state index in [1.54, 1.807) is 51.7 Å². The molecule has 0 saturated heterocycles. The molecule has 0 saturated carbocycles. The molecule has 0 aliphatic rings. The van der Waals surface area contributed by atoms with Crippen molar-refractivity contribution in [2.75, 3.05) is 27.1 Å². The van der Waals surface area contributed by atoms with Crippen molar-refractivity contribution in [3.8, 4) is 45.5 Å². The number of anilines is 1. The predicted molar refractivity (Wildman–Crippen MR) is 95.2 cm³/mol. The molecule has 1 aromatic heterocycles. The maximum atomic E-state index is 9.75. The van der Waals surface area contributed by atoms with Gasteiger partial charge in [0, 0.05) is 11.1 Å². The summed E-state index contributed by atoms with van der Waals surface area (Å²) in [5.74, 6) is 1.94. The number of nitrogens with zero attached hydrogens (tertiary/aromatic N) is 1. The second kappa shape index (κ2) is 6.64. The van der Waals surface area contributed by atoms with Crippen LogP contribution in [0.15, 0.2) is 36.4 Å². The van der Waals surface area contributed by atoms with Gasteiger partial charge in [0.15, 0.2) is 17.4 Å². The molecule has 3 aromatic rings. The Morgan fingerprint density at radius 1 is 0.960 bits per heavy atom. The third-order valence-corrected chi connectivity index (χ3v) is 3.80. The lowest BCUT2D eigenvalue weighted by atomic mass is 10.0. The van der Waals surface area contributed by atoms with E-state index in [2.05, 4.69) is 9.97 Å². The van der Waals surface area contributed by atoms with Crippen molar-refractivity contribution in [1.82, 2.24) is 9.97 Å². The van der Waals surface area contributed by atoms with E-state index in [1.807, 2.05) is 6.07 Å². The summed E-state index contributed by atoms with van der Waals surface area (Å²) in [6.45, 7) is 0. The molecule has 3 rings (SSSR count). The number of aromatic nitrogens is 2. The number of methoxy groups -OCH3 is 3. The number of phenolic OH excluding ortho intramolecular Hbond substituents is 1. The van der Waals surface area contributed by atoms with Crippen LogP contribution >= 0.6 is 0 Å². The Balaban J connectivity index is 2.21. The molecule has 7 heteroatoms. The molecule has 0 radical (unpaired) electrons. The van der Waals surface area contributed by atoms with Crippen LogP contribution in [0, 0.1) is 0 Å². The van der Waals surface area contributed by atoms with Gasteiger partial charge in [-0.25, -0.2) is 4.98 Å². The van der Waals surface area contributed by atoms with Crippen molar-refractivity contribution in [2.45, 2.75) is 0 Å². The van der Waals surface area contributed by atoms with Crippen molar-refractivity contribution < 1.29 is 19.3 Å². The van der Waals surface area contributed by atoms with Gasteiger partial charge >= 0.3 is 0 Å². The molecule has 0 aliphatic carbocycles. The van der Waals surface area contributed by atoms with Crippen molar-refractivity contribution >= 4 is 5.95 Å². The number of hydrogen-bond donors (Lipinski definition) is 3. The molecule has 130 valence electrons. The van der Waals surface area contributed by atoms with Gasteiger partial charge in [0.2, 0.25) is 5.75 Å². The Bertz CT molecular complexity index is 880. The maximum Gasteiger partial charge on any atom is 0.203 e. The van der Waals surface area contributed by atoms with Crippen molar-refractivity contribution in [1.29, 1.82) is 0 Å². The molecule has 0 bridgehead atoms. The molecule has 7 nitrogen and oxygen atoms in total. The second-order valence-electron chi connectivity index (χ2n) is 5.31. The molecule has 0 spiro atoms. The first-order valence-corrected chi connectivity index (χ1v) is 7.52. The number of aromatic amines is 1. The van der Waals surface area contributed by atoms with Gasteiger partial charge in [0.1, 0.15) is 5.75 Å². The Morgan fingerprint density at radius 3 is 2.20 bits per heavy atom. The lowest BCUT2D eigenvalue weighted by Gasteiger charge is -2.14. The zero-order valence-electron chi connectivity index (χ0n) is 14.2. The van der Waals surface area contributed by atoms with E-state index >= 15 is 0 Å². The third kappa shape index (κ3) is 3.03. The SMILES string of the molecule is COc1cc(-c2nc(N)[nH]c2-c2cccc(O)c2)cc(OC)c1OC. The molecule has 0 amide bonds. The van der Waals surface area contributed by atoms with E-state index in [9.17, 15) is 5.11 Å². The van der Waals surface area contributed by atoms with E-state index in [0.717, 1.165) is 11.1 Å². The molecular formula is C18H19N3O4. The quantitative estimate of drug-likeness (QED) is 0.659. The Morgan fingerprint density at radius 2 is 1.64 bits per heavy atom. The highest BCUT2D eigenvalue weighted by molar-refractivity contribution is 5.82. The van der Waals surface area contributed by atoms with Crippen LogP contribution in [-0.2, 0) is 0 Å². The highest BCUT2D eigenvalue weighted by Gasteiger charge is 2.19. The minimum Gasteiger partial charge on any atom is -0.508 e. The Kier molecular flexibility index (Phi) is 4.38. The minimum atomic E-state index is 0.154. The number of nitrogen functional groups attached to an aromatic ring is 1. The molecule has 2 aromatic carbocycles. The molecule has 25 heavy (non-hydrogen) atoms. The van der Waals surface area contributed by atoms with Gasteiger partial charge in [0.25, 0.3) is 0 Å². The summed E-state index contributed by atoms with van der Waals surface area (Å²) in [4.78, 5) is 7.41. The first-order valence-electron chi connectivity index (χ1n) is 7.52. The van der Waals surface area contributed by atoms with Crippen LogP contribution in [0.1, 0.15) is 0 Å². The van der Waals surface area contributed by atoms with E-state index in [-0.39, 0.29) is 11.7 Å². The fraction of sp³-hybridized carbons (Fsp3) is 0.167. The number of benzene rings is 2. The summed E-state index contributed by atoms with van der Waals surface area (Å²) in [5, 5.41) is 9.75. The highest BCUT2D eigenvalue weighted by Crippen LogP contribution is 2.43. The number of ether oxygens (including phenoxy) is 3. The lowest BCUT2D eigenvalue weighted by Crippen LogP contribution is -1.96. The van der Waals surface area contributed by atoms with Gasteiger partial charge in [-0.1, -0.05) is 12.1 Å². The maximum absolute atomic E-state index is 9.75. The van der Waals surface area contributed by atoms with E-state index in [4.69, 9.17) is 19.9 Å². The summed E-state index contributed by atoms with van der Waals surface area (Å²) in [7, 11) is 4.65. The number of H-pyrrole nitrogens is 1. The largest absolute Gasteiger partial charge is 0.508 e. The van der Waals surface area contributed by atoms with Gasteiger partial charge in [0.05, 0.1) is 32.7 Å². The first kappa shape index (κ1) is 16.5. The number of phenols is 1. The zero-order chi connectivity index (χ0) is 18.0. The number of hydrogen-bond acceptors (Lipinski definition) is 6. The third-order valence-electron chi connectivity index (χ3n) is 3.80. The van der Waals surface area contributed by atoms with E-state index in [0.29, 0.717) is 28.6 Å². The molecule has 1 heterocycles. The highest BCUT2D eigenvalue weighted by atomic mass is 16.5. The monoisotopic (exact) mass is 341 g/mol. The van der Waals surface area contributed by atoms with Crippen LogP contribution in [0.4, 0.5) is 5.95 Å². The van der Waals surface area contributed by atoms with Crippen LogP contribution in [-0.4, -0.2) is 36.4 Å². The topological polar surface area (TPSA) is 103 Å². The van der Waals surface area contributed by atoms with Gasteiger partial charge in [-0.15, -0.1) is 0 Å². The normalized spacial score (nSPS) is 10.5. The van der Waals surface area contributed by atoms with Gasteiger partial charge in [-0.3, -0.25) is 0 Å². The molecule has 0 unspecified atom stereocenters. The number of nitrogens with one attached hydrogen (secondary N) is 1. The van der Waals surface area contributed by atoms with Crippen LogP contribution in [0.2, 0.25) is 0 Å². The number of rotatable bonds is 5. The summed E-state index contributed by atoms with van der Waals surface area (Å²) in [6, 6.07) is 10.4.